The lowest BCUT2D eigenvalue weighted by molar-refractivity contribution is 0.0534. The Hall–Kier alpha value is -4.13. The van der Waals surface area contributed by atoms with Gasteiger partial charge in [0.05, 0.1) is 10.9 Å². The van der Waals surface area contributed by atoms with E-state index in [1.165, 1.54) is 6.07 Å². The van der Waals surface area contributed by atoms with E-state index in [0.29, 0.717) is 43.0 Å². The number of fused-ring (bicyclic) bond motifs is 1. The van der Waals surface area contributed by atoms with Crippen molar-refractivity contribution in [1.29, 1.82) is 0 Å². The van der Waals surface area contributed by atoms with Crippen LogP contribution in [-0.2, 0) is 0 Å². The fourth-order valence-electron chi connectivity index (χ4n) is 3.99. The van der Waals surface area contributed by atoms with Gasteiger partial charge in [0.15, 0.2) is 5.76 Å². The summed E-state index contributed by atoms with van der Waals surface area (Å²) in [6, 6.07) is 21.5. The van der Waals surface area contributed by atoms with Gasteiger partial charge in [0.25, 0.3) is 11.8 Å². The number of phenolic OH excluding ortho intramolecular Hbond substituents is 1. The summed E-state index contributed by atoms with van der Waals surface area (Å²) in [6.07, 6.45) is 0. The van der Waals surface area contributed by atoms with Crippen LogP contribution in [-0.4, -0.2) is 58.1 Å². The minimum atomic E-state index is -0.228. The second-order valence-electron chi connectivity index (χ2n) is 7.71. The second kappa shape index (κ2) is 8.19. The van der Waals surface area contributed by atoms with Crippen molar-refractivity contribution in [2.75, 3.05) is 26.2 Å². The number of hydrogen-bond acceptors (Lipinski definition) is 5. The van der Waals surface area contributed by atoms with Gasteiger partial charge in [0, 0.05) is 37.3 Å². The first-order chi connectivity index (χ1) is 15.6. The fraction of sp³-hybridized carbons (Fsp3) is 0.160. The molecule has 7 nitrogen and oxygen atoms in total. The predicted molar refractivity (Wildman–Crippen MR) is 119 cm³/mol. The summed E-state index contributed by atoms with van der Waals surface area (Å²) in [5.74, 6) is 0.274. The minimum Gasteiger partial charge on any atom is -0.507 e. The molecule has 5 rings (SSSR count). The third kappa shape index (κ3) is 3.58. The van der Waals surface area contributed by atoms with Crippen molar-refractivity contribution < 1.29 is 19.2 Å². The molecule has 1 aliphatic rings. The number of nitrogens with zero attached hydrogens (tertiary/aromatic N) is 3. The first kappa shape index (κ1) is 19.8. The van der Waals surface area contributed by atoms with E-state index in [0.717, 1.165) is 10.9 Å². The van der Waals surface area contributed by atoms with Crippen LogP contribution in [0.2, 0.25) is 0 Å². The van der Waals surface area contributed by atoms with Crippen LogP contribution >= 0.6 is 0 Å². The number of carbonyl (C=O) groups excluding carboxylic acids is 2. The van der Waals surface area contributed by atoms with E-state index < -0.39 is 0 Å². The van der Waals surface area contributed by atoms with E-state index >= 15 is 0 Å². The number of hydrogen-bond donors (Lipinski definition) is 1. The molecule has 1 aromatic heterocycles. The van der Waals surface area contributed by atoms with Crippen LogP contribution < -0.4 is 0 Å². The van der Waals surface area contributed by atoms with Crippen molar-refractivity contribution in [1.82, 2.24) is 15.0 Å². The molecule has 4 aromatic rings. The topological polar surface area (TPSA) is 86.9 Å². The number of rotatable bonds is 3. The molecule has 2 amide bonds. The predicted octanol–water partition coefficient (Wildman–Crippen LogP) is 3.80. The van der Waals surface area contributed by atoms with Gasteiger partial charge < -0.3 is 19.4 Å². The largest absolute Gasteiger partial charge is 0.507 e. The number of benzene rings is 3. The van der Waals surface area contributed by atoms with E-state index in [4.69, 9.17) is 4.52 Å². The van der Waals surface area contributed by atoms with E-state index in [-0.39, 0.29) is 23.1 Å². The molecule has 3 aromatic carbocycles. The number of para-hydroxylation sites is 1. The van der Waals surface area contributed by atoms with Crippen LogP contribution in [0.4, 0.5) is 0 Å². The van der Waals surface area contributed by atoms with Gasteiger partial charge in [0.2, 0.25) is 0 Å². The molecular formula is C25H21N3O4. The third-order valence-corrected chi connectivity index (χ3v) is 5.75. The quantitative estimate of drug-likeness (QED) is 0.537. The summed E-state index contributed by atoms with van der Waals surface area (Å²) < 4.78 is 5.53. The van der Waals surface area contributed by atoms with Crippen LogP contribution in [0.3, 0.4) is 0 Å². The Bertz CT molecular complexity index is 1290. The highest BCUT2D eigenvalue weighted by molar-refractivity contribution is 6.01. The number of aromatic nitrogens is 1. The maximum absolute atomic E-state index is 13.1. The highest BCUT2D eigenvalue weighted by atomic mass is 16.5. The molecule has 160 valence electrons. The van der Waals surface area contributed by atoms with E-state index in [1.807, 2.05) is 36.4 Å². The Kier molecular flexibility index (Phi) is 5.07. The van der Waals surface area contributed by atoms with Gasteiger partial charge in [-0.15, -0.1) is 0 Å². The Labute approximate surface area is 184 Å². The fourth-order valence-corrected chi connectivity index (χ4v) is 3.99. The maximum Gasteiger partial charge on any atom is 0.257 e. The van der Waals surface area contributed by atoms with Crippen molar-refractivity contribution in [2.45, 2.75) is 0 Å². The molecule has 0 spiro atoms. The van der Waals surface area contributed by atoms with Crippen molar-refractivity contribution in [2.24, 2.45) is 0 Å². The van der Waals surface area contributed by atoms with Crippen molar-refractivity contribution in [3.8, 4) is 17.1 Å². The van der Waals surface area contributed by atoms with Gasteiger partial charge in [-0.1, -0.05) is 47.6 Å². The molecule has 7 heteroatoms. The van der Waals surface area contributed by atoms with Crippen LogP contribution in [0.5, 0.6) is 5.75 Å². The SMILES string of the molecule is O=C(c1ccc2noc(-c3ccccc3)c2c1)N1CCN(C(=O)c2ccccc2O)CC1. The average molecular weight is 427 g/mol. The summed E-state index contributed by atoms with van der Waals surface area (Å²) in [4.78, 5) is 29.3. The van der Waals surface area contributed by atoms with Gasteiger partial charge in [0.1, 0.15) is 11.3 Å². The van der Waals surface area contributed by atoms with Gasteiger partial charge in [-0.25, -0.2) is 0 Å². The molecule has 1 aliphatic heterocycles. The Morgan fingerprint density at radius 1 is 0.812 bits per heavy atom. The highest BCUT2D eigenvalue weighted by Gasteiger charge is 2.27. The second-order valence-corrected chi connectivity index (χ2v) is 7.71. The summed E-state index contributed by atoms with van der Waals surface area (Å²) in [5, 5.41) is 14.8. The zero-order valence-corrected chi connectivity index (χ0v) is 17.3. The Morgan fingerprint density at radius 2 is 1.47 bits per heavy atom. The third-order valence-electron chi connectivity index (χ3n) is 5.75. The first-order valence-electron chi connectivity index (χ1n) is 10.4. The highest BCUT2D eigenvalue weighted by Crippen LogP contribution is 2.29. The maximum atomic E-state index is 13.1. The molecule has 0 aliphatic carbocycles. The van der Waals surface area contributed by atoms with Crippen molar-refractivity contribution in [3.63, 3.8) is 0 Å². The minimum absolute atomic E-state index is 0.0350. The van der Waals surface area contributed by atoms with Crippen LogP contribution in [0.1, 0.15) is 20.7 Å². The standard InChI is InChI=1S/C25H21N3O4/c29-22-9-5-4-8-19(22)25(31)28-14-12-27(13-15-28)24(30)18-10-11-21-20(16-18)23(32-26-21)17-6-2-1-3-7-17/h1-11,16,29H,12-15H2. The molecule has 1 saturated heterocycles. The molecule has 0 atom stereocenters. The molecule has 0 unspecified atom stereocenters. The summed E-state index contributed by atoms with van der Waals surface area (Å²) in [5.41, 5.74) is 2.42. The zero-order valence-electron chi connectivity index (χ0n) is 17.3. The van der Waals surface area contributed by atoms with Crippen LogP contribution in [0, 0.1) is 0 Å². The van der Waals surface area contributed by atoms with E-state index in [2.05, 4.69) is 5.16 Å². The van der Waals surface area contributed by atoms with E-state index in [1.54, 1.807) is 40.1 Å². The van der Waals surface area contributed by atoms with E-state index in [9.17, 15) is 14.7 Å². The smallest absolute Gasteiger partial charge is 0.257 e. The van der Waals surface area contributed by atoms with Gasteiger partial charge >= 0.3 is 0 Å². The first-order valence-corrected chi connectivity index (χ1v) is 10.4. The molecule has 0 bridgehead atoms. The number of carbonyl (C=O) groups is 2. The van der Waals surface area contributed by atoms with Crippen molar-refractivity contribution >= 4 is 22.7 Å². The Morgan fingerprint density at radius 3 is 2.19 bits per heavy atom. The van der Waals surface area contributed by atoms with Gasteiger partial charge in [-0.05, 0) is 30.3 Å². The van der Waals surface area contributed by atoms with Gasteiger partial charge in [-0.2, -0.15) is 0 Å². The zero-order chi connectivity index (χ0) is 22.1. The molecule has 0 radical (unpaired) electrons. The summed E-state index contributed by atoms with van der Waals surface area (Å²) in [6.45, 7) is 1.66. The lowest BCUT2D eigenvalue weighted by Crippen LogP contribution is -2.50. The van der Waals surface area contributed by atoms with Crippen LogP contribution in [0.25, 0.3) is 22.2 Å². The number of aromatic hydroxyl groups is 1. The molecule has 1 N–H and O–H groups in total. The lowest BCUT2D eigenvalue weighted by atomic mass is 10.1. The molecular weight excluding hydrogens is 406 g/mol. The Balaban J connectivity index is 1.32. The lowest BCUT2D eigenvalue weighted by Gasteiger charge is -2.35. The summed E-state index contributed by atoms with van der Waals surface area (Å²) >= 11 is 0. The summed E-state index contributed by atoms with van der Waals surface area (Å²) in [7, 11) is 0. The number of phenols is 1. The molecule has 1 fully saturated rings. The molecule has 0 saturated carbocycles. The van der Waals surface area contributed by atoms with Crippen molar-refractivity contribution in [3.05, 3.63) is 83.9 Å². The average Bonchev–Trinajstić information content (AvgIpc) is 3.27. The molecule has 2 heterocycles. The normalized spacial score (nSPS) is 14.0. The van der Waals surface area contributed by atoms with Crippen LogP contribution in [0.15, 0.2) is 77.3 Å². The number of piperazine rings is 1. The monoisotopic (exact) mass is 427 g/mol. The van der Waals surface area contributed by atoms with Gasteiger partial charge in [-0.3, -0.25) is 9.59 Å². The molecule has 32 heavy (non-hydrogen) atoms. The number of amides is 2.